The quantitative estimate of drug-likeness (QED) is 0.798. The van der Waals surface area contributed by atoms with E-state index in [1.165, 1.54) is 18.2 Å². The second-order valence-corrected chi connectivity index (χ2v) is 3.37. The average Bonchev–Trinajstić information content (AvgIpc) is 2.03. The number of carbonyl (C=O) groups excluding carboxylic acids is 2. The molecule has 0 unspecified atom stereocenters. The normalized spacial score (nSPS) is 9.62. The van der Waals surface area contributed by atoms with Gasteiger partial charge >= 0.3 is 0 Å². The molecule has 1 rings (SSSR count). The molecule has 5 heteroatoms. The first-order valence-electron chi connectivity index (χ1n) is 3.41. The summed E-state index contributed by atoms with van der Waals surface area (Å²) in [5.41, 5.74) is 10.6. The molecular formula is C8H7BrN2O2. The van der Waals surface area contributed by atoms with Crippen molar-refractivity contribution in [3.8, 4) is 0 Å². The van der Waals surface area contributed by atoms with Crippen LogP contribution in [0.3, 0.4) is 0 Å². The zero-order chi connectivity index (χ0) is 10.0. The lowest BCUT2D eigenvalue weighted by Crippen LogP contribution is -2.15. The third-order valence-corrected chi connectivity index (χ3v) is 1.92. The first-order valence-corrected chi connectivity index (χ1v) is 4.20. The number of halogens is 1. The van der Waals surface area contributed by atoms with E-state index in [4.69, 9.17) is 11.5 Å². The molecule has 0 heterocycles. The van der Waals surface area contributed by atoms with E-state index in [1.807, 2.05) is 0 Å². The zero-order valence-corrected chi connectivity index (χ0v) is 8.17. The smallest absolute Gasteiger partial charge is 0.248 e. The molecule has 0 atom stereocenters. The molecular weight excluding hydrogens is 236 g/mol. The molecule has 0 bridgehead atoms. The molecule has 0 aliphatic heterocycles. The number of hydrogen-bond donors (Lipinski definition) is 2. The van der Waals surface area contributed by atoms with Crippen LogP contribution in [0.15, 0.2) is 22.7 Å². The van der Waals surface area contributed by atoms with Gasteiger partial charge < -0.3 is 11.5 Å². The van der Waals surface area contributed by atoms with Gasteiger partial charge in [-0.1, -0.05) is 15.9 Å². The molecule has 0 spiro atoms. The lowest BCUT2D eigenvalue weighted by Gasteiger charge is -2.00. The monoisotopic (exact) mass is 242 g/mol. The summed E-state index contributed by atoms with van der Waals surface area (Å²) in [4.78, 5) is 21.6. The second-order valence-electron chi connectivity index (χ2n) is 2.46. The standard InChI is InChI=1S/C8H7BrN2O2/c9-6-2-4(7(10)12)1-5(3-6)8(11)13/h1-3H,(H2,10,12)(H2,11,13). The van der Waals surface area contributed by atoms with Crippen molar-refractivity contribution in [3.63, 3.8) is 0 Å². The molecule has 1 aromatic rings. The number of primary amides is 2. The molecule has 1 aromatic carbocycles. The number of rotatable bonds is 2. The Hall–Kier alpha value is -1.36. The highest BCUT2D eigenvalue weighted by Gasteiger charge is 2.07. The Labute approximate surface area is 83.0 Å². The summed E-state index contributed by atoms with van der Waals surface area (Å²) in [5.74, 6) is -1.19. The van der Waals surface area contributed by atoms with Gasteiger partial charge in [-0.3, -0.25) is 9.59 Å². The number of nitrogens with two attached hydrogens (primary N) is 2. The summed E-state index contributed by atoms with van der Waals surface area (Å²) in [7, 11) is 0. The van der Waals surface area contributed by atoms with Crippen LogP contribution in [0.5, 0.6) is 0 Å². The van der Waals surface area contributed by atoms with Gasteiger partial charge in [0.15, 0.2) is 0 Å². The van der Waals surface area contributed by atoms with E-state index in [2.05, 4.69) is 15.9 Å². The van der Waals surface area contributed by atoms with Crippen molar-refractivity contribution in [2.75, 3.05) is 0 Å². The topological polar surface area (TPSA) is 86.2 Å². The van der Waals surface area contributed by atoms with Crippen LogP contribution in [0.1, 0.15) is 20.7 Å². The molecule has 13 heavy (non-hydrogen) atoms. The van der Waals surface area contributed by atoms with Crippen LogP contribution in [0, 0.1) is 0 Å². The van der Waals surface area contributed by atoms with Gasteiger partial charge in [0.1, 0.15) is 0 Å². The Morgan fingerprint density at radius 1 is 1.00 bits per heavy atom. The zero-order valence-electron chi connectivity index (χ0n) is 6.58. The van der Waals surface area contributed by atoms with Gasteiger partial charge in [0, 0.05) is 15.6 Å². The van der Waals surface area contributed by atoms with Gasteiger partial charge in [-0.15, -0.1) is 0 Å². The van der Waals surface area contributed by atoms with E-state index in [1.54, 1.807) is 0 Å². The fourth-order valence-electron chi connectivity index (χ4n) is 0.874. The lowest BCUT2D eigenvalue weighted by atomic mass is 10.1. The number of hydrogen-bond acceptors (Lipinski definition) is 2. The Morgan fingerprint density at radius 2 is 1.38 bits per heavy atom. The average molecular weight is 243 g/mol. The molecule has 0 aromatic heterocycles. The maximum atomic E-state index is 10.8. The van der Waals surface area contributed by atoms with E-state index < -0.39 is 11.8 Å². The highest BCUT2D eigenvalue weighted by Crippen LogP contribution is 2.15. The van der Waals surface area contributed by atoms with Crippen LogP contribution >= 0.6 is 15.9 Å². The largest absolute Gasteiger partial charge is 0.366 e. The van der Waals surface area contributed by atoms with E-state index in [0.29, 0.717) is 4.47 Å². The molecule has 2 amide bonds. The summed E-state index contributed by atoms with van der Waals surface area (Å²) in [6.07, 6.45) is 0. The predicted octanol–water partition coefficient (Wildman–Crippen LogP) is 0.647. The molecule has 4 N–H and O–H groups in total. The molecule has 68 valence electrons. The minimum atomic E-state index is -0.594. The van der Waals surface area contributed by atoms with Crippen LogP contribution < -0.4 is 11.5 Å². The minimum Gasteiger partial charge on any atom is -0.366 e. The maximum Gasteiger partial charge on any atom is 0.248 e. The van der Waals surface area contributed by atoms with Crippen molar-refractivity contribution in [2.24, 2.45) is 11.5 Å². The summed E-state index contributed by atoms with van der Waals surface area (Å²) < 4.78 is 0.595. The molecule has 0 aliphatic rings. The van der Waals surface area contributed by atoms with Crippen molar-refractivity contribution < 1.29 is 9.59 Å². The fraction of sp³-hybridized carbons (Fsp3) is 0. The Kier molecular flexibility index (Phi) is 2.67. The molecule has 4 nitrogen and oxygen atoms in total. The summed E-state index contributed by atoms with van der Waals surface area (Å²) in [5, 5.41) is 0. The summed E-state index contributed by atoms with van der Waals surface area (Å²) in [6, 6.07) is 4.40. The first kappa shape index (κ1) is 9.73. The summed E-state index contributed by atoms with van der Waals surface area (Å²) >= 11 is 3.13. The lowest BCUT2D eigenvalue weighted by molar-refractivity contribution is 0.0999. The van der Waals surface area contributed by atoms with Crippen LogP contribution in [-0.2, 0) is 0 Å². The van der Waals surface area contributed by atoms with Crippen molar-refractivity contribution in [1.82, 2.24) is 0 Å². The van der Waals surface area contributed by atoms with Crippen molar-refractivity contribution >= 4 is 27.7 Å². The van der Waals surface area contributed by atoms with Crippen LogP contribution in [0.25, 0.3) is 0 Å². The molecule has 0 saturated heterocycles. The molecule has 0 radical (unpaired) electrons. The third-order valence-electron chi connectivity index (χ3n) is 1.47. The minimum absolute atomic E-state index is 0.253. The van der Waals surface area contributed by atoms with Crippen molar-refractivity contribution in [2.45, 2.75) is 0 Å². The van der Waals surface area contributed by atoms with E-state index in [-0.39, 0.29) is 11.1 Å². The predicted molar refractivity (Wildman–Crippen MR) is 51.2 cm³/mol. The maximum absolute atomic E-state index is 10.8. The van der Waals surface area contributed by atoms with E-state index in [9.17, 15) is 9.59 Å². The van der Waals surface area contributed by atoms with E-state index >= 15 is 0 Å². The third kappa shape index (κ3) is 2.29. The van der Waals surface area contributed by atoms with Gasteiger partial charge in [0.05, 0.1) is 0 Å². The highest BCUT2D eigenvalue weighted by molar-refractivity contribution is 9.10. The SMILES string of the molecule is NC(=O)c1cc(Br)cc(C(N)=O)c1. The van der Waals surface area contributed by atoms with E-state index in [0.717, 1.165) is 0 Å². The highest BCUT2D eigenvalue weighted by atomic mass is 79.9. The number of carbonyl (C=O) groups is 2. The summed E-state index contributed by atoms with van der Waals surface area (Å²) in [6.45, 7) is 0. The van der Waals surface area contributed by atoms with Gasteiger partial charge in [-0.2, -0.15) is 0 Å². The van der Waals surface area contributed by atoms with Gasteiger partial charge in [-0.05, 0) is 18.2 Å². The van der Waals surface area contributed by atoms with Crippen molar-refractivity contribution in [3.05, 3.63) is 33.8 Å². The first-order chi connectivity index (χ1) is 6.00. The van der Waals surface area contributed by atoms with Gasteiger partial charge in [0.2, 0.25) is 11.8 Å². The second kappa shape index (κ2) is 3.57. The van der Waals surface area contributed by atoms with Crippen molar-refractivity contribution in [1.29, 1.82) is 0 Å². The molecule has 0 fully saturated rings. The fourth-order valence-corrected chi connectivity index (χ4v) is 1.37. The number of benzene rings is 1. The molecule has 0 aliphatic carbocycles. The van der Waals surface area contributed by atoms with Crippen LogP contribution in [-0.4, -0.2) is 11.8 Å². The Morgan fingerprint density at radius 3 is 1.69 bits per heavy atom. The van der Waals surface area contributed by atoms with Gasteiger partial charge in [0.25, 0.3) is 0 Å². The Balaban J connectivity index is 3.26. The Bertz CT molecular complexity index is 344. The van der Waals surface area contributed by atoms with Gasteiger partial charge in [-0.25, -0.2) is 0 Å². The molecule has 0 saturated carbocycles. The number of amides is 2. The van der Waals surface area contributed by atoms with Crippen LogP contribution in [0.4, 0.5) is 0 Å². The van der Waals surface area contributed by atoms with Crippen LogP contribution in [0.2, 0.25) is 0 Å².